The maximum absolute atomic E-state index is 13.1. The summed E-state index contributed by atoms with van der Waals surface area (Å²) < 4.78 is 10.7. The van der Waals surface area contributed by atoms with Gasteiger partial charge >= 0.3 is 0 Å². The summed E-state index contributed by atoms with van der Waals surface area (Å²) in [5.74, 6) is 1.10. The quantitative estimate of drug-likeness (QED) is 0.381. The summed E-state index contributed by atoms with van der Waals surface area (Å²) in [6, 6.07) is 12.9. The fraction of sp³-hybridized carbons (Fsp3) is 0.217. The molecule has 0 radical (unpaired) electrons. The molecule has 0 bridgehead atoms. The van der Waals surface area contributed by atoms with Crippen molar-refractivity contribution in [1.82, 2.24) is 0 Å². The van der Waals surface area contributed by atoms with Gasteiger partial charge in [0.15, 0.2) is 11.5 Å². The highest BCUT2D eigenvalue weighted by molar-refractivity contribution is 7.19. The highest BCUT2D eigenvalue weighted by atomic mass is 32.1. The second-order valence-corrected chi connectivity index (χ2v) is 7.90. The van der Waals surface area contributed by atoms with Gasteiger partial charge in [-0.1, -0.05) is 0 Å². The SMILES string of the molecule is [C-]#[N+]c1c(Nc2ccc3c(c2)OCO3)sc(C(=O)c2ccc(N(CC)CC)cc2)c1N. The summed E-state index contributed by atoms with van der Waals surface area (Å²) in [6.45, 7) is 13.7. The summed E-state index contributed by atoms with van der Waals surface area (Å²) in [4.78, 5) is 19.2. The van der Waals surface area contributed by atoms with Gasteiger partial charge in [0.2, 0.25) is 18.3 Å². The molecule has 0 aliphatic carbocycles. The second kappa shape index (κ2) is 8.58. The van der Waals surface area contributed by atoms with Crippen molar-refractivity contribution in [2.45, 2.75) is 13.8 Å². The minimum atomic E-state index is -0.197. The lowest BCUT2D eigenvalue weighted by molar-refractivity contribution is 0.104. The Morgan fingerprint density at radius 1 is 1.16 bits per heavy atom. The van der Waals surface area contributed by atoms with Crippen LogP contribution in [0.2, 0.25) is 0 Å². The fourth-order valence-corrected chi connectivity index (χ4v) is 4.49. The van der Waals surface area contributed by atoms with E-state index in [4.69, 9.17) is 21.8 Å². The third-order valence-corrected chi connectivity index (χ3v) is 6.23. The Kier molecular flexibility index (Phi) is 5.69. The van der Waals surface area contributed by atoms with Crippen molar-refractivity contribution >= 4 is 44.9 Å². The van der Waals surface area contributed by atoms with Crippen LogP contribution in [0.5, 0.6) is 11.5 Å². The molecule has 7 nitrogen and oxygen atoms in total. The zero-order valence-corrected chi connectivity index (χ0v) is 18.1. The summed E-state index contributed by atoms with van der Waals surface area (Å²) >= 11 is 1.18. The zero-order valence-electron chi connectivity index (χ0n) is 17.3. The van der Waals surface area contributed by atoms with Gasteiger partial charge in [0.05, 0.1) is 17.1 Å². The average molecular weight is 435 g/mol. The van der Waals surface area contributed by atoms with E-state index in [0.29, 0.717) is 26.9 Å². The number of benzene rings is 2. The van der Waals surface area contributed by atoms with E-state index in [9.17, 15) is 4.79 Å². The molecule has 4 rings (SSSR count). The lowest BCUT2D eigenvalue weighted by atomic mass is 10.1. The van der Waals surface area contributed by atoms with Crippen molar-refractivity contribution in [3.63, 3.8) is 0 Å². The highest BCUT2D eigenvalue weighted by Crippen LogP contribution is 2.46. The average Bonchev–Trinajstić information content (AvgIpc) is 3.38. The number of thiophene rings is 1. The summed E-state index contributed by atoms with van der Waals surface area (Å²) in [5, 5.41) is 3.71. The molecule has 0 saturated heterocycles. The van der Waals surface area contributed by atoms with Crippen molar-refractivity contribution in [1.29, 1.82) is 0 Å². The van der Waals surface area contributed by atoms with Crippen LogP contribution in [0.15, 0.2) is 42.5 Å². The molecule has 0 unspecified atom stereocenters. The Labute approximate surface area is 184 Å². The molecule has 3 aromatic rings. The monoisotopic (exact) mass is 434 g/mol. The van der Waals surface area contributed by atoms with Crippen molar-refractivity contribution in [3.8, 4) is 11.5 Å². The van der Waals surface area contributed by atoms with Crippen LogP contribution in [0, 0.1) is 6.57 Å². The molecule has 31 heavy (non-hydrogen) atoms. The van der Waals surface area contributed by atoms with Crippen LogP contribution in [0.1, 0.15) is 29.1 Å². The van der Waals surface area contributed by atoms with E-state index in [1.54, 1.807) is 24.3 Å². The highest BCUT2D eigenvalue weighted by Gasteiger charge is 2.23. The van der Waals surface area contributed by atoms with E-state index in [0.717, 1.165) is 24.5 Å². The number of fused-ring (bicyclic) bond motifs is 1. The van der Waals surface area contributed by atoms with Gasteiger partial charge in [0, 0.05) is 36.1 Å². The van der Waals surface area contributed by atoms with Crippen LogP contribution < -0.4 is 25.4 Å². The van der Waals surface area contributed by atoms with Crippen LogP contribution in [0.3, 0.4) is 0 Å². The van der Waals surface area contributed by atoms with E-state index in [1.807, 2.05) is 18.2 Å². The van der Waals surface area contributed by atoms with E-state index in [-0.39, 0.29) is 24.0 Å². The number of ether oxygens (including phenoxy) is 2. The minimum Gasteiger partial charge on any atom is -0.454 e. The van der Waals surface area contributed by atoms with Gasteiger partial charge in [-0.15, -0.1) is 11.3 Å². The maximum atomic E-state index is 13.1. The molecule has 1 aromatic heterocycles. The Balaban J connectivity index is 1.61. The summed E-state index contributed by atoms with van der Waals surface area (Å²) in [7, 11) is 0. The Hall–Kier alpha value is -3.70. The molecule has 0 amide bonds. The van der Waals surface area contributed by atoms with Crippen LogP contribution in [-0.4, -0.2) is 25.7 Å². The number of nitrogens with one attached hydrogen (secondary N) is 1. The lowest BCUT2D eigenvalue weighted by Crippen LogP contribution is -2.21. The molecule has 0 spiro atoms. The number of nitrogen functional groups attached to an aromatic ring is 1. The molecule has 0 atom stereocenters. The smallest absolute Gasteiger partial charge is 0.243 e. The van der Waals surface area contributed by atoms with E-state index < -0.39 is 0 Å². The second-order valence-electron chi connectivity index (χ2n) is 6.88. The topological polar surface area (TPSA) is 81.2 Å². The summed E-state index contributed by atoms with van der Waals surface area (Å²) in [6.07, 6.45) is 0. The van der Waals surface area contributed by atoms with Gasteiger partial charge in [0.1, 0.15) is 5.00 Å². The van der Waals surface area contributed by atoms with Crippen molar-refractivity contribution in [2.24, 2.45) is 0 Å². The molecule has 2 aromatic carbocycles. The van der Waals surface area contributed by atoms with E-state index in [2.05, 4.69) is 28.9 Å². The molecule has 8 heteroatoms. The fourth-order valence-electron chi connectivity index (χ4n) is 3.45. The Bertz CT molecular complexity index is 1160. The normalized spacial score (nSPS) is 11.8. The largest absolute Gasteiger partial charge is 0.454 e. The number of hydrogen-bond acceptors (Lipinski definition) is 7. The number of nitrogens with two attached hydrogens (primary N) is 1. The number of carbonyl (C=O) groups excluding carboxylic acids is 1. The van der Waals surface area contributed by atoms with Gasteiger partial charge in [-0.25, -0.2) is 4.85 Å². The van der Waals surface area contributed by atoms with Crippen molar-refractivity contribution in [3.05, 3.63) is 64.3 Å². The number of ketones is 1. The summed E-state index contributed by atoms with van der Waals surface area (Å²) in [5.41, 5.74) is 8.96. The minimum absolute atomic E-state index is 0.184. The van der Waals surface area contributed by atoms with Gasteiger partial charge < -0.3 is 25.4 Å². The number of anilines is 4. The van der Waals surface area contributed by atoms with E-state index >= 15 is 0 Å². The van der Waals surface area contributed by atoms with Crippen molar-refractivity contribution in [2.75, 3.05) is 35.8 Å². The number of nitrogens with zero attached hydrogens (tertiary/aromatic N) is 2. The van der Waals surface area contributed by atoms with Crippen LogP contribution in [0.25, 0.3) is 4.85 Å². The predicted octanol–water partition coefficient (Wildman–Crippen LogP) is 5.43. The molecule has 0 fully saturated rings. The Morgan fingerprint density at radius 3 is 2.55 bits per heavy atom. The third kappa shape index (κ3) is 3.88. The first-order valence-corrected chi connectivity index (χ1v) is 10.7. The van der Waals surface area contributed by atoms with Crippen molar-refractivity contribution < 1.29 is 14.3 Å². The van der Waals surface area contributed by atoms with Gasteiger partial charge in [0.25, 0.3) is 0 Å². The van der Waals surface area contributed by atoms with Gasteiger partial charge in [-0.05, 0) is 50.2 Å². The molecular weight excluding hydrogens is 412 g/mol. The molecule has 158 valence electrons. The number of rotatable bonds is 7. The predicted molar refractivity (Wildman–Crippen MR) is 124 cm³/mol. The molecule has 2 heterocycles. The Morgan fingerprint density at radius 2 is 1.87 bits per heavy atom. The third-order valence-electron chi connectivity index (χ3n) is 5.13. The van der Waals surface area contributed by atoms with E-state index in [1.165, 1.54) is 11.3 Å². The molecule has 1 aliphatic heterocycles. The molecule has 3 N–H and O–H groups in total. The maximum Gasteiger partial charge on any atom is 0.243 e. The number of hydrogen-bond donors (Lipinski definition) is 2. The van der Waals surface area contributed by atoms with Gasteiger partial charge in [-0.3, -0.25) is 4.79 Å². The van der Waals surface area contributed by atoms with Crippen LogP contribution >= 0.6 is 11.3 Å². The molecule has 0 saturated carbocycles. The zero-order chi connectivity index (χ0) is 22.0. The number of carbonyl (C=O) groups is 1. The molecule has 1 aliphatic rings. The van der Waals surface area contributed by atoms with Gasteiger partial charge in [-0.2, -0.15) is 0 Å². The molecular formula is C23H22N4O3S. The lowest BCUT2D eigenvalue weighted by Gasteiger charge is -2.20. The van der Waals surface area contributed by atoms with Crippen LogP contribution in [0.4, 0.5) is 27.8 Å². The first-order valence-electron chi connectivity index (χ1n) is 9.91. The first-order chi connectivity index (χ1) is 15.0. The van der Waals surface area contributed by atoms with Crippen LogP contribution in [-0.2, 0) is 0 Å². The first kappa shape index (κ1) is 20.6. The standard InChI is InChI=1S/C23H22N4O3S/c1-4-27(5-2)16-9-6-14(7-10-16)21(28)22-19(24)20(25-3)23(31-22)26-15-8-11-17-18(12-15)30-13-29-17/h6-12,26H,4-5,13,24H2,1-2H3.